The molecule has 0 saturated carbocycles. The molecule has 0 fully saturated rings. The van der Waals surface area contributed by atoms with Crippen molar-refractivity contribution in [1.29, 1.82) is 0 Å². The molecule has 0 unspecified atom stereocenters. The number of carbonyl (C=O) groups is 2. The van der Waals surface area contributed by atoms with E-state index in [1.165, 1.54) is 27.2 Å². The predicted molar refractivity (Wildman–Crippen MR) is 111 cm³/mol. The Labute approximate surface area is 182 Å². The van der Waals surface area contributed by atoms with Crippen LogP contribution in [0.1, 0.15) is 24.1 Å². The Morgan fingerprint density at radius 1 is 1.19 bits per heavy atom. The van der Waals surface area contributed by atoms with Crippen LogP contribution in [0.4, 0.5) is 10.5 Å². The molecule has 1 aliphatic rings. The number of urea groups is 1. The van der Waals surface area contributed by atoms with Gasteiger partial charge in [-0.2, -0.15) is 0 Å². The van der Waals surface area contributed by atoms with E-state index in [-0.39, 0.29) is 29.2 Å². The van der Waals surface area contributed by atoms with Crippen LogP contribution >= 0.6 is 0 Å². The summed E-state index contributed by atoms with van der Waals surface area (Å²) in [7, 11) is 2.77. The molecule has 0 bridgehead atoms. The number of hydrogen-bond acceptors (Lipinski definition) is 8. The Bertz CT molecular complexity index is 1090. The molecule has 2 aromatic rings. The van der Waals surface area contributed by atoms with Crippen LogP contribution in [0.15, 0.2) is 47.7 Å². The van der Waals surface area contributed by atoms with Crippen molar-refractivity contribution in [1.82, 2.24) is 10.6 Å². The minimum atomic E-state index is -1.07. The fourth-order valence-corrected chi connectivity index (χ4v) is 3.24. The summed E-state index contributed by atoms with van der Waals surface area (Å²) in [4.78, 5) is 35.6. The van der Waals surface area contributed by atoms with Gasteiger partial charge in [0, 0.05) is 11.8 Å². The van der Waals surface area contributed by atoms with E-state index in [0.717, 1.165) is 6.07 Å². The van der Waals surface area contributed by atoms with E-state index in [9.17, 15) is 24.8 Å². The zero-order valence-electron chi connectivity index (χ0n) is 17.5. The second-order valence-corrected chi connectivity index (χ2v) is 6.84. The highest BCUT2D eigenvalue weighted by atomic mass is 16.6. The molecule has 0 saturated heterocycles. The van der Waals surface area contributed by atoms with Crippen LogP contribution < -0.4 is 20.1 Å². The lowest BCUT2D eigenvalue weighted by Crippen LogP contribution is -2.45. The van der Waals surface area contributed by atoms with Crippen molar-refractivity contribution in [2.24, 2.45) is 0 Å². The Hall–Kier alpha value is -4.28. The highest BCUT2D eigenvalue weighted by Gasteiger charge is 2.34. The van der Waals surface area contributed by atoms with Gasteiger partial charge in [0.1, 0.15) is 12.4 Å². The third kappa shape index (κ3) is 4.56. The number of benzene rings is 2. The number of aromatic hydroxyl groups is 1. The minimum Gasteiger partial charge on any atom is -0.500 e. The van der Waals surface area contributed by atoms with E-state index >= 15 is 0 Å². The maximum absolute atomic E-state index is 12.9. The van der Waals surface area contributed by atoms with Crippen molar-refractivity contribution in [2.75, 3.05) is 14.2 Å². The number of carbonyl (C=O) groups excluding carboxylic acids is 2. The number of phenolic OH excluding ortho intramolecular Hbond substituents is 1. The second kappa shape index (κ2) is 9.25. The smallest absolute Gasteiger partial charge is 0.338 e. The summed E-state index contributed by atoms with van der Waals surface area (Å²) >= 11 is 0. The maximum atomic E-state index is 12.9. The molecule has 1 aliphatic heterocycles. The lowest BCUT2D eigenvalue weighted by atomic mass is 9.94. The molecular weight excluding hydrogens is 422 g/mol. The molecule has 3 rings (SSSR count). The van der Waals surface area contributed by atoms with E-state index in [0.29, 0.717) is 11.3 Å². The van der Waals surface area contributed by atoms with Crippen LogP contribution in [-0.2, 0) is 16.1 Å². The summed E-state index contributed by atoms with van der Waals surface area (Å²) in [5, 5.41) is 26.4. The van der Waals surface area contributed by atoms with Crippen molar-refractivity contribution in [3.8, 4) is 17.2 Å². The van der Waals surface area contributed by atoms with Crippen molar-refractivity contribution >= 4 is 17.7 Å². The molecule has 32 heavy (non-hydrogen) atoms. The first kappa shape index (κ1) is 22.4. The normalized spacial score (nSPS) is 15.5. The average Bonchev–Trinajstić information content (AvgIpc) is 2.77. The number of phenols is 1. The van der Waals surface area contributed by atoms with Gasteiger partial charge in [0.2, 0.25) is 5.75 Å². The highest BCUT2D eigenvalue weighted by molar-refractivity contribution is 5.95. The molecular formula is C21H21N3O8. The van der Waals surface area contributed by atoms with Gasteiger partial charge >= 0.3 is 17.7 Å². The summed E-state index contributed by atoms with van der Waals surface area (Å²) in [5.74, 6) is -0.914. The molecule has 2 aromatic carbocycles. The third-order valence-corrected chi connectivity index (χ3v) is 4.85. The summed E-state index contributed by atoms with van der Waals surface area (Å²) in [6, 6.07) is 7.62. The first-order chi connectivity index (χ1) is 15.2. The highest BCUT2D eigenvalue weighted by Crippen LogP contribution is 2.40. The fraction of sp³-hybridized carbons (Fsp3) is 0.238. The van der Waals surface area contributed by atoms with Gasteiger partial charge in [-0.3, -0.25) is 10.1 Å². The van der Waals surface area contributed by atoms with Gasteiger partial charge in [-0.25, -0.2) is 9.59 Å². The van der Waals surface area contributed by atoms with Crippen LogP contribution in [0, 0.1) is 10.1 Å². The average molecular weight is 443 g/mol. The minimum absolute atomic E-state index is 0.0423. The van der Waals surface area contributed by atoms with Gasteiger partial charge in [-0.1, -0.05) is 12.1 Å². The van der Waals surface area contributed by atoms with Gasteiger partial charge in [-0.05, 0) is 36.2 Å². The molecule has 11 heteroatoms. The fourth-order valence-electron chi connectivity index (χ4n) is 3.24. The lowest BCUT2D eigenvalue weighted by Gasteiger charge is -2.28. The van der Waals surface area contributed by atoms with Gasteiger partial charge < -0.3 is 30.0 Å². The van der Waals surface area contributed by atoms with Crippen molar-refractivity contribution in [3.05, 3.63) is 68.9 Å². The molecule has 0 radical (unpaired) electrons. The summed E-state index contributed by atoms with van der Waals surface area (Å²) in [6.07, 6.45) is 0. The van der Waals surface area contributed by atoms with E-state index in [2.05, 4.69) is 10.6 Å². The monoisotopic (exact) mass is 443 g/mol. The number of nitrogens with zero attached hydrogens (tertiary/aromatic N) is 1. The van der Waals surface area contributed by atoms with E-state index in [1.807, 2.05) is 0 Å². The standard InChI is InChI=1S/C21H21N3O8/c1-11-17(20(26)32-10-12-4-6-14(30-2)7-5-12)18(23-21(27)22-11)13-8-15(24(28)29)19(25)16(9-13)31-3/h4-9,18,25H,10H2,1-3H3,(H2,22,23,27)/t18-/m1/s1. The number of allylic oxidation sites excluding steroid dienone is 1. The molecule has 11 nitrogen and oxygen atoms in total. The van der Waals surface area contributed by atoms with Gasteiger partial charge in [0.05, 0.1) is 30.8 Å². The summed E-state index contributed by atoms with van der Waals surface area (Å²) in [6.45, 7) is 1.47. The first-order valence-electron chi connectivity index (χ1n) is 9.38. The second-order valence-electron chi connectivity index (χ2n) is 6.84. The van der Waals surface area contributed by atoms with E-state index in [1.54, 1.807) is 24.3 Å². The molecule has 1 heterocycles. The van der Waals surface area contributed by atoms with Gasteiger partial charge in [0.25, 0.3) is 0 Å². The van der Waals surface area contributed by atoms with Crippen molar-refractivity contribution in [3.63, 3.8) is 0 Å². The predicted octanol–water partition coefficient (Wildman–Crippen LogP) is 2.69. The molecule has 2 amide bonds. The van der Waals surface area contributed by atoms with E-state index < -0.39 is 34.4 Å². The quantitative estimate of drug-likeness (QED) is 0.336. The summed E-state index contributed by atoms with van der Waals surface area (Å²) < 4.78 is 15.5. The molecule has 0 spiro atoms. The number of ether oxygens (including phenoxy) is 3. The number of rotatable bonds is 7. The Morgan fingerprint density at radius 2 is 1.88 bits per heavy atom. The maximum Gasteiger partial charge on any atom is 0.338 e. The molecule has 1 atom stereocenters. The Morgan fingerprint density at radius 3 is 2.47 bits per heavy atom. The zero-order valence-corrected chi connectivity index (χ0v) is 17.5. The number of esters is 1. The van der Waals surface area contributed by atoms with Gasteiger partial charge in [0.15, 0.2) is 5.75 Å². The Balaban J connectivity index is 1.93. The van der Waals surface area contributed by atoms with Crippen LogP contribution in [0.3, 0.4) is 0 Å². The third-order valence-electron chi connectivity index (χ3n) is 4.85. The largest absolute Gasteiger partial charge is 0.500 e. The van der Waals surface area contributed by atoms with E-state index in [4.69, 9.17) is 14.2 Å². The lowest BCUT2D eigenvalue weighted by molar-refractivity contribution is -0.386. The molecule has 0 aliphatic carbocycles. The molecule has 168 valence electrons. The van der Waals surface area contributed by atoms with Crippen LogP contribution in [0.25, 0.3) is 0 Å². The van der Waals surface area contributed by atoms with Crippen molar-refractivity contribution < 1.29 is 33.8 Å². The summed E-state index contributed by atoms with van der Waals surface area (Å²) in [5.41, 5.74) is 0.532. The van der Waals surface area contributed by atoms with Gasteiger partial charge in [-0.15, -0.1) is 0 Å². The first-order valence-corrected chi connectivity index (χ1v) is 9.38. The number of methoxy groups -OCH3 is 2. The number of nitro benzene ring substituents is 1. The number of nitro groups is 1. The van der Waals surface area contributed by atoms with Crippen LogP contribution in [0.2, 0.25) is 0 Å². The SMILES string of the molecule is COc1ccc(COC(=O)C2=C(C)NC(=O)N[C@@H]2c2cc(OC)c(O)c([N+](=O)[O-])c2)cc1. The Kier molecular flexibility index (Phi) is 6.47. The zero-order chi connectivity index (χ0) is 23.4. The van der Waals surface area contributed by atoms with Crippen molar-refractivity contribution in [2.45, 2.75) is 19.6 Å². The molecule has 0 aromatic heterocycles. The topological polar surface area (TPSA) is 149 Å². The number of nitrogens with one attached hydrogen (secondary N) is 2. The van der Waals surface area contributed by atoms with Crippen LogP contribution in [0.5, 0.6) is 17.2 Å². The molecule has 3 N–H and O–H groups in total. The number of amides is 2. The van der Waals surface area contributed by atoms with Crippen LogP contribution in [-0.4, -0.2) is 36.2 Å². The number of hydrogen-bond donors (Lipinski definition) is 3.